The van der Waals surface area contributed by atoms with E-state index in [-0.39, 0.29) is 0 Å². The summed E-state index contributed by atoms with van der Waals surface area (Å²) in [5.41, 5.74) is 3.56. The van der Waals surface area contributed by atoms with E-state index < -0.39 is 0 Å². The molecule has 0 unspecified atom stereocenters. The van der Waals surface area contributed by atoms with Gasteiger partial charge in [0.05, 0.1) is 5.71 Å². The van der Waals surface area contributed by atoms with Gasteiger partial charge in [-0.15, -0.1) is 5.10 Å². The van der Waals surface area contributed by atoms with Crippen LogP contribution in [0, 0.1) is 18.8 Å². The van der Waals surface area contributed by atoms with Gasteiger partial charge in [-0.05, 0) is 31.7 Å². The van der Waals surface area contributed by atoms with E-state index in [1.165, 1.54) is 30.4 Å². The van der Waals surface area contributed by atoms with E-state index in [0.717, 1.165) is 24.6 Å². The second kappa shape index (κ2) is 6.15. The van der Waals surface area contributed by atoms with Gasteiger partial charge in [-0.2, -0.15) is 5.10 Å². The molecule has 118 valence electrons. The molecule has 1 fully saturated rings. The summed E-state index contributed by atoms with van der Waals surface area (Å²) in [5, 5.41) is 9.31. The Kier molecular flexibility index (Phi) is 3.86. The molecule has 0 spiro atoms. The lowest BCUT2D eigenvalue weighted by Crippen LogP contribution is -2.44. The number of benzene rings is 1. The first-order valence-corrected chi connectivity index (χ1v) is 8.65. The molecule has 2 atom stereocenters. The third-order valence-corrected chi connectivity index (χ3v) is 5.04. The maximum atomic E-state index is 4.66. The van der Waals surface area contributed by atoms with Crippen molar-refractivity contribution in [3.63, 3.8) is 0 Å². The van der Waals surface area contributed by atoms with Crippen LogP contribution in [0.25, 0.3) is 0 Å². The van der Waals surface area contributed by atoms with Crippen molar-refractivity contribution >= 4 is 11.5 Å². The number of fused-ring (bicyclic) bond motifs is 1. The average Bonchev–Trinajstić information content (AvgIpc) is 2.62. The lowest BCUT2D eigenvalue weighted by atomic mass is 9.80. The van der Waals surface area contributed by atoms with E-state index >= 15 is 0 Å². The standard InChI is InChI=1S/C20H23N3/c1-15-9-11-16(12-10-15)19-17-7-3-4-8-18(17)20(22-21-19)23-13-5-2-6-14-23/h3-4,7-12,17-18H,2,5-6,13-14H2,1H3/t17-,18+/m1/s1. The average molecular weight is 305 g/mol. The Hall–Kier alpha value is -2.16. The first-order valence-electron chi connectivity index (χ1n) is 8.65. The van der Waals surface area contributed by atoms with E-state index in [1.807, 2.05) is 0 Å². The third-order valence-electron chi connectivity index (χ3n) is 5.04. The molecule has 4 rings (SSSR count). The molecule has 0 N–H and O–H groups in total. The zero-order chi connectivity index (χ0) is 15.6. The van der Waals surface area contributed by atoms with Crippen LogP contribution in [0.2, 0.25) is 0 Å². The van der Waals surface area contributed by atoms with Crippen molar-refractivity contribution < 1.29 is 0 Å². The van der Waals surface area contributed by atoms with Crippen molar-refractivity contribution in [1.29, 1.82) is 0 Å². The predicted octanol–water partition coefficient (Wildman–Crippen LogP) is 3.96. The number of piperidine rings is 1. The van der Waals surface area contributed by atoms with E-state index in [2.05, 4.69) is 70.6 Å². The van der Waals surface area contributed by atoms with Gasteiger partial charge >= 0.3 is 0 Å². The van der Waals surface area contributed by atoms with Gasteiger partial charge < -0.3 is 4.90 Å². The molecule has 1 aliphatic carbocycles. The Bertz CT molecular complexity index is 688. The van der Waals surface area contributed by atoms with Crippen LogP contribution in [0.1, 0.15) is 30.4 Å². The third kappa shape index (κ3) is 2.76. The highest BCUT2D eigenvalue weighted by Crippen LogP contribution is 2.31. The zero-order valence-electron chi connectivity index (χ0n) is 13.7. The highest BCUT2D eigenvalue weighted by atomic mass is 15.3. The summed E-state index contributed by atoms with van der Waals surface area (Å²) >= 11 is 0. The van der Waals surface area contributed by atoms with Crippen LogP contribution >= 0.6 is 0 Å². The first kappa shape index (κ1) is 14.4. The summed E-state index contributed by atoms with van der Waals surface area (Å²) in [6.07, 6.45) is 12.7. The number of likely N-dealkylation sites (tertiary alicyclic amines) is 1. The summed E-state index contributed by atoms with van der Waals surface area (Å²) in [5.74, 6) is 1.79. The van der Waals surface area contributed by atoms with Crippen LogP contribution in [-0.4, -0.2) is 29.5 Å². The molecule has 0 radical (unpaired) electrons. The zero-order valence-corrected chi connectivity index (χ0v) is 13.7. The smallest absolute Gasteiger partial charge is 0.135 e. The molecular weight excluding hydrogens is 282 g/mol. The number of nitrogens with zero attached hydrogens (tertiary/aromatic N) is 3. The molecule has 0 aromatic heterocycles. The fourth-order valence-corrected chi connectivity index (χ4v) is 3.73. The van der Waals surface area contributed by atoms with Crippen molar-refractivity contribution in [1.82, 2.24) is 4.90 Å². The number of rotatable bonds is 1. The number of allylic oxidation sites excluding steroid dienone is 3. The summed E-state index contributed by atoms with van der Waals surface area (Å²) in [6.45, 7) is 4.36. The lowest BCUT2D eigenvalue weighted by molar-refractivity contribution is 0.325. The Balaban J connectivity index is 1.71. The summed E-state index contributed by atoms with van der Waals surface area (Å²) in [7, 11) is 0. The maximum absolute atomic E-state index is 4.66. The number of aryl methyl sites for hydroxylation is 1. The molecule has 3 nitrogen and oxygen atoms in total. The van der Waals surface area contributed by atoms with Crippen LogP contribution in [0.4, 0.5) is 0 Å². The molecule has 2 aliphatic heterocycles. The van der Waals surface area contributed by atoms with E-state index in [4.69, 9.17) is 0 Å². The fourth-order valence-electron chi connectivity index (χ4n) is 3.73. The van der Waals surface area contributed by atoms with Gasteiger partial charge in [-0.1, -0.05) is 54.1 Å². The van der Waals surface area contributed by atoms with Gasteiger partial charge in [-0.3, -0.25) is 0 Å². The summed E-state index contributed by atoms with van der Waals surface area (Å²) in [6, 6.07) is 8.63. The molecular formula is C20H23N3. The monoisotopic (exact) mass is 305 g/mol. The minimum Gasteiger partial charge on any atom is -0.358 e. The van der Waals surface area contributed by atoms with Gasteiger partial charge in [0.15, 0.2) is 0 Å². The van der Waals surface area contributed by atoms with Crippen LogP contribution in [0.3, 0.4) is 0 Å². The minimum atomic E-state index is 0.303. The first-order chi connectivity index (χ1) is 11.3. The highest BCUT2D eigenvalue weighted by molar-refractivity contribution is 6.08. The molecule has 3 heteroatoms. The molecule has 1 aromatic carbocycles. The van der Waals surface area contributed by atoms with E-state index in [1.54, 1.807) is 0 Å². The van der Waals surface area contributed by atoms with Crippen molar-refractivity contribution in [2.24, 2.45) is 22.0 Å². The van der Waals surface area contributed by atoms with Crippen LogP contribution < -0.4 is 0 Å². The van der Waals surface area contributed by atoms with Crippen LogP contribution in [-0.2, 0) is 0 Å². The Morgan fingerprint density at radius 3 is 2.30 bits per heavy atom. The van der Waals surface area contributed by atoms with E-state index in [0.29, 0.717) is 11.8 Å². The van der Waals surface area contributed by atoms with Gasteiger partial charge in [0.2, 0.25) is 0 Å². The van der Waals surface area contributed by atoms with Crippen molar-refractivity contribution in [2.75, 3.05) is 13.1 Å². The molecule has 23 heavy (non-hydrogen) atoms. The Morgan fingerprint density at radius 2 is 1.57 bits per heavy atom. The van der Waals surface area contributed by atoms with Gasteiger partial charge in [0.25, 0.3) is 0 Å². The Morgan fingerprint density at radius 1 is 0.870 bits per heavy atom. The van der Waals surface area contributed by atoms with Gasteiger partial charge in [0.1, 0.15) is 5.84 Å². The summed E-state index contributed by atoms with van der Waals surface area (Å²) in [4.78, 5) is 2.44. The maximum Gasteiger partial charge on any atom is 0.135 e. The fraction of sp³-hybridized carbons (Fsp3) is 0.400. The molecule has 0 bridgehead atoms. The number of hydrogen-bond acceptors (Lipinski definition) is 3. The van der Waals surface area contributed by atoms with Gasteiger partial charge in [-0.25, -0.2) is 0 Å². The molecule has 0 saturated carbocycles. The lowest BCUT2D eigenvalue weighted by Gasteiger charge is -2.37. The predicted molar refractivity (Wildman–Crippen MR) is 95.8 cm³/mol. The minimum absolute atomic E-state index is 0.303. The Labute approximate surface area is 138 Å². The number of amidine groups is 1. The highest BCUT2D eigenvalue weighted by Gasteiger charge is 2.34. The second-order valence-corrected chi connectivity index (χ2v) is 6.68. The van der Waals surface area contributed by atoms with E-state index in [9.17, 15) is 0 Å². The number of hydrogen-bond donors (Lipinski definition) is 0. The molecule has 2 heterocycles. The molecule has 0 amide bonds. The van der Waals surface area contributed by atoms with Crippen LogP contribution in [0.5, 0.6) is 0 Å². The van der Waals surface area contributed by atoms with Gasteiger partial charge in [0, 0.05) is 24.9 Å². The van der Waals surface area contributed by atoms with Crippen molar-refractivity contribution in [3.05, 3.63) is 59.7 Å². The van der Waals surface area contributed by atoms with Crippen molar-refractivity contribution in [3.8, 4) is 0 Å². The molecule has 1 saturated heterocycles. The quantitative estimate of drug-likeness (QED) is 0.772. The largest absolute Gasteiger partial charge is 0.358 e. The van der Waals surface area contributed by atoms with Crippen molar-refractivity contribution in [2.45, 2.75) is 26.2 Å². The molecule has 1 aromatic rings. The summed E-state index contributed by atoms with van der Waals surface area (Å²) < 4.78 is 0. The SMILES string of the molecule is Cc1ccc(C2=NN=C(N3CCCCC3)[C@H]3C=CC=C[C@@H]23)cc1. The normalized spacial score (nSPS) is 26.6. The van der Waals surface area contributed by atoms with Crippen LogP contribution in [0.15, 0.2) is 58.8 Å². The topological polar surface area (TPSA) is 28.0 Å². The molecule has 3 aliphatic rings. The second-order valence-electron chi connectivity index (χ2n) is 6.68.